The highest BCUT2D eigenvalue weighted by Gasteiger charge is 2.30. The lowest BCUT2D eigenvalue weighted by Crippen LogP contribution is -2.35. The number of nitrogens with zero attached hydrogens (tertiary/aromatic N) is 2. The lowest BCUT2D eigenvalue weighted by molar-refractivity contribution is 0.225. The highest BCUT2D eigenvalue weighted by Crippen LogP contribution is 2.37. The summed E-state index contributed by atoms with van der Waals surface area (Å²) in [5.41, 5.74) is 1.06. The minimum Gasteiger partial charge on any atom is -0.268 e. The van der Waals surface area contributed by atoms with Gasteiger partial charge in [0, 0.05) is 6.07 Å². The van der Waals surface area contributed by atoms with Crippen molar-refractivity contribution in [2.75, 3.05) is 5.75 Å². The fraction of sp³-hybridized carbons (Fsp3) is 0.714. The van der Waals surface area contributed by atoms with Crippen molar-refractivity contribution >= 4 is 12.6 Å². The quantitative estimate of drug-likeness (QED) is 0.674. The van der Waals surface area contributed by atoms with Crippen LogP contribution in [0.3, 0.4) is 0 Å². The molecule has 1 aliphatic carbocycles. The first-order chi connectivity index (χ1) is 8.65. The maximum atomic E-state index is 11.9. The van der Waals surface area contributed by atoms with E-state index >= 15 is 0 Å². The Morgan fingerprint density at radius 3 is 2.56 bits per heavy atom. The molecule has 0 aliphatic heterocycles. The van der Waals surface area contributed by atoms with Crippen molar-refractivity contribution in [3.05, 3.63) is 28.2 Å². The molecular weight excluding hydrogens is 244 g/mol. The fourth-order valence-electron chi connectivity index (χ4n) is 2.83. The van der Waals surface area contributed by atoms with Crippen molar-refractivity contribution in [2.45, 2.75) is 52.0 Å². The SMILES string of the molecule is Cc1ccc(=O)n(CC2(CS)CCCCCC2)n1. The third kappa shape index (κ3) is 3.16. The number of hydrogen-bond acceptors (Lipinski definition) is 3. The van der Waals surface area contributed by atoms with Gasteiger partial charge < -0.3 is 0 Å². The summed E-state index contributed by atoms with van der Waals surface area (Å²) in [4.78, 5) is 11.9. The van der Waals surface area contributed by atoms with Crippen molar-refractivity contribution in [1.29, 1.82) is 0 Å². The minimum absolute atomic E-state index is 0.00556. The lowest BCUT2D eigenvalue weighted by Gasteiger charge is -2.31. The predicted molar refractivity (Wildman–Crippen MR) is 77.2 cm³/mol. The first-order valence-electron chi connectivity index (χ1n) is 6.81. The van der Waals surface area contributed by atoms with Gasteiger partial charge in [0.1, 0.15) is 0 Å². The standard InChI is InChI=1S/C14H22N2OS/c1-12-6-7-13(17)16(15-12)10-14(11-18)8-4-2-3-5-9-14/h6-7,18H,2-5,8-11H2,1H3. The molecule has 0 unspecified atom stereocenters. The van der Waals surface area contributed by atoms with Crippen LogP contribution < -0.4 is 5.56 Å². The molecule has 0 N–H and O–H groups in total. The van der Waals surface area contributed by atoms with E-state index in [2.05, 4.69) is 17.7 Å². The molecule has 1 aromatic heterocycles. The van der Waals surface area contributed by atoms with Crippen LogP contribution in [0.4, 0.5) is 0 Å². The van der Waals surface area contributed by atoms with E-state index in [0.29, 0.717) is 0 Å². The Balaban J connectivity index is 2.23. The van der Waals surface area contributed by atoms with Crippen molar-refractivity contribution in [1.82, 2.24) is 9.78 Å². The summed E-state index contributed by atoms with van der Waals surface area (Å²) in [5.74, 6) is 0.842. The third-order valence-corrected chi connectivity index (χ3v) is 4.66. The van der Waals surface area contributed by atoms with Gasteiger partial charge in [-0.05, 0) is 37.0 Å². The first-order valence-corrected chi connectivity index (χ1v) is 7.44. The summed E-state index contributed by atoms with van der Waals surface area (Å²) >= 11 is 4.54. The maximum Gasteiger partial charge on any atom is 0.266 e. The van der Waals surface area contributed by atoms with Crippen LogP contribution >= 0.6 is 12.6 Å². The highest BCUT2D eigenvalue weighted by molar-refractivity contribution is 7.80. The van der Waals surface area contributed by atoms with E-state index < -0.39 is 0 Å². The van der Waals surface area contributed by atoms with Gasteiger partial charge >= 0.3 is 0 Å². The molecule has 3 nitrogen and oxygen atoms in total. The Labute approximate surface area is 114 Å². The lowest BCUT2D eigenvalue weighted by atomic mass is 9.82. The van der Waals surface area contributed by atoms with Crippen LogP contribution in [0.25, 0.3) is 0 Å². The van der Waals surface area contributed by atoms with E-state index in [1.165, 1.54) is 38.5 Å². The molecule has 0 aromatic carbocycles. The van der Waals surface area contributed by atoms with Gasteiger partial charge in [-0.25, -0.2) is 4.68 Å². The van der Waals surface area contributed by atoms with Gasteiger partial charge in [0.15, 0.2) is 0 Å². The summed E-state index contributed by atoms with van der Waals surface area (Å²) < 4.78 is 1.64. The third-order valence-electron chi connectivity index (χ3n) is 3.98. The highest BCUT2D eigenvalue weighted by atomic mass is 32.1. The van der Waals surface area contributed by atoms with Crippen molar-refractivity contribution in [3.63, 3.8) is 0 Å². The Morgan fingerprint density at radius 2 is 1.94 bits per heavy atom. The smallest absolute Gasteiger partial charge is 0.266 e. The molecule has 1 aliphatic rings. The van der Waals surface area contributed by atoms with E-state index in [1.807, 2.05) is 6.92 Å². The minimum atomic E-state index is 0.00556. The van der Waals surface area contributed by atoms with Crippen LogP contribution in [0.15, 0.2) is 16.9 Å². The largest absolute Gasteiger partial charge is 0.268 e. The van der Waals surface area contributed by atoms with Crippen LogP contribution in [-0.4, -0.2) is 15.5 Å². The van der Waals surface area contributed by atoms with E-state index in [1.54, 1.807) is 16.8 Å². The van der Waals surface area contributed by atoms with Crippen LogP contribution in [0.1, 0.15) is 44.2 Å². The number of hydrogen-bond donors (Lipinski definition) is 1. The second kappa shape index (κ2) is 5.91. The monoisotopic (exact) mass is 266 g/mol. The molecule has 0 radical (unpaired) electrons. The predicted octanol–water partition coefficient (Wildman–Crippen LogP) is 2.82. The zero-order chi connectivity index (χ0) is 13.0. The van der Waals surface area contributed by atoms with Crippen molar-refractivity contribution in [2.24, 2.45) is 5.41 Å². The second-order valence-electron chi connectivity index (χ2n) is 5.54. The van der Waals surface area contributed by atoms with E-state index in [-0.39, 0.29) is 11.0 Å². The maximum absolute atomic E-state index is 11.9. The Bertz CT molecular complexity index is 447. The number of aromatic nitrogens is 2. The molecule has 1 saturated carbocycles. The van der Waals surface area contributed by atoms with E-state index in [4.69, 9.17) is 0 Å². The fourth-order valence-corrected chi connectivity index (χ4v) is 3.24. The van der Waals surface area contributed by atoms with Crippen molar-refractivity contribution in [3.8, 4) is 0 Å². The summed E-state index contributed by atoms with van der Waals surface area (Å²) in [6.07, 6.45) is 7.46. The molecule has 0 atom stereocenters. The van der Waals surface area contributed by atoms with Gasteiger partial charge in [0.25, 0.3) is 5.56 Å². The number of rotatable bonds is 3. The zero-order valence-electron chi connectivity index (χ0n) is 11.1. The zero-order valence-corrected chi connectivity index (χ0v) is 12.0. The van der Waals surface area contributed by atoms with Crippen LogP contribution in [0.5, 0.6) is 0 Å². The molecular formula is C14H22N2OS. The molecule has 2 rings (SSSR count). The summed E-state index contributed by atoms with van der Waals surface area (Å²) in [7, 11) is 0. The molecule has 0 amide bonds. The van der Waals surface area contributed by atoms with Crippen LogP contribution in [0, 0.1) is 12.3 Å². The van der Waals surface area contributed by atoms with Crippen LogP contribution in [-0.2, 0) is 6.54 Å². The van der Waals surface area contributed by atoms with Gasteiger partial charge in [-0.1, -0.05) is 25.7 Å². The van der Waals surface area contributed by atoms with Gasteiger partial charge in [-0.3, -0.25) is 4.79 Å². The average molecular weight is 266 g/mol. The summed E-state index contributed by atoms with van der Waals surface area (Å²) in [6.45, 7) is 2.65. The van der Waals surface area contributed by atoms with Gasteiger partial charge in [-0.2, -0.15) is 17.7 Å². The molecule has 100 valence electrons. The molecule has 1 heterocycles. The Kier molecular flexibility index (Phi) is 4.49. The number of thiol groups is 1. The van der Waals surface area contributed by atoms with Crippen molar-refractivity contribution < 1.29 is 0 Å². The Hall–Kier alpha value is -0.770. The van der Waals surface area contributed by atoms with Gasteiger partial charge in [-0.15, -0.1) is 0 Å². The summed E-state index contributed by atoms with van der Waals surface area (Å²) in [5, 5.41) is 4.36. The molecule has 1 aromatic rings. The van der Waals surface area contributed by atoms with E-state index in [0.717, 1.165) is 18.0 Å². The second-order valence-corrected chi connectivity index (χ2v) is 5.86. The Morgan fingerprint density at radius 1 is 1.28 bits per heavy atom. The van der Waals surface area contributed by atoms with E-state index in [9.17, 15) is 4.79 Å². The topological polar surface area (TPSA) is 34.9 Å². The molecule has 1 fully saturated rings. The number of aryl methyl sites for hydroxylation is 1. The summed E-state index contributed by atoms with van der Waals surface area (Å²) in [6, 6.07) is 3.39. The van der Waals surface area contributed by atoms with Gasteiger partial charge in [0.2, 0.25) is 0 Å². The first kappa shape index (κ1) is 13.7. The average Bonchev–Trinajstić information content (AvgIpc) is 2.60. The molecule has 0 spiro atoms. The normalized spacial score (nSPS) is 19.4. The van der Waals surface area contributed by atoms with Crippen LogP contribution in [0.2, 0.25) is 0 Å². The molecule has 4 heteroatoms. The molecule has 0 bridgehead atoms. The van der Waals surface area contributed by atoms with Gasteiger partial charge in [0.05, 0.1) is 12.2 Å². The molecule has 18 heavy (non-hydrogen) atoms. The molecule has 0 saturated heterocycles.